The maximum Gasteiger partial charge on any atom is 0.269 e. The number of rotatable bonds is 5. The molecule has 2 unspecified atom stereocenters. The van der Waals surface area contributed by atoms with Gasteiger partial charge in [0.2, 0.25) is 0 Å². The van der Waals surface area contributed by atoms with Gasteiger partial charge in [0.25, 0.3) is 5.69 Å². The zero-order valence-corrected chi connectivity index (χ0v) is 12.2. The SMILES string of the molecule is CC(=O)CCC1(c2ccc([N+](=O)[O-])cc2)C=CC=C(O)C1N. The number of nitro groups is 1. The van der Waals surface area contributed by atoms with Crippen LogP contribution in [-0.2, 0) is 10.2 Å². The van der Waals surface area contributed by atoms with Gasteiger partial charge >= 0.3 is 0 Å². The fraction of sp³-hybridized carbons (Fsp3) is 0.312. The van der Waals surface area contributed by atoms with Crippen LogP contribution in [-0.4, -0.2) is 21.9 Å². The van der Waals surface area contributed by atoms with E-state index in [1.807, 2.05) is 6.08 Å². The van der Waals surface area contributed by atoms with Crippen molar-refractivity contribution in [3.8, 4) is 0 Å². The molecule has 0 fully saturated rings. The second-order valence-corrected chi connectivity index (χ2v) is 5.47. The molecule has 6 heteroatoms. The summed E-state index contributed by atoms with van der Waals surface area (Å²) in [5, 5.41) is 20.7. The standard InChI is InChI=1S/C16H18N2O4/c1-11(19)8-10-16(9-2-3-14(20)15(16)17)12-4-6-13(7-5-12)18(21)22/h2-7,9,15,20H,8,10,17H2,1H3. The molecule has 116 valence electrons. The Morgan fingerprint density at radius 3 is 2.59 bits per heavy atom. The van der Waals surface area contributed by atoms with E-state index in [1.54, 1.807) is 18.2 Å². The summed E-state index contributed by atoms with van der Waals surface area (Å²) in [6.07, 6.45) is 5.79. The van der Waals surface area contributed by atoms with Crippen molar-refractivity contribution in [2.24, 2.45) is 5.73 Å². The molecular formula is C16H18N2O4. The van der Waals surface area contributed by atoms with Crippen molar-refractivity contribution in [2.75, 3.05) is 0 Å². The Labute approximate surface area is 128 Å². The van der Waals surface area contributed by atoms with Crippen LogP contribution in [0.5, 0.6) is 0 Å². The van der Waals surface area contributed by atoms with Gasteiger partial charge in [-0.1, -0.05) is 24.3 Å². The van der Waals surface area contributed by atoms with Gasteiger partial charge in [-0.2, -0.15) is 0 Å². The van der Waals surface area contributed by atoms with Crippen molar-refractivity contribution in [2.45, 2.75) is 31.2 Å². The minimum atomic E-state index is -0.750. The smallest absolute Gasteiger partial charge is 0.269 e. The maximum atomic E-state index is 11.4. The Morgan fingerprint density at radius 2 is 2.05 bits per heavy atom. The van der Waals surface area contributed by atoms with E-state index in [2.05, 4.69) is 0 Å². The van der Waals surface area contributed by atoms with E-state index in [9.17, 15) is 20.0 Å². The monoisotopic (exact) mass is 302 g/mol. The lowest BCUT2D eigenvalue weighted by atomic mass is 9.68. The molecule has 0 bridgehead atoms. The molecule has 2 rings (SSSR count). The molecule has 0 saturated carbocycles. The molecule has 0 aromatic heterocycles. The number of benzene rings is 1. The molecule has 1 aliphatic carbocycles. The molecule has 0 saturated heterocycles. The Morgan fingerprint density at radius 1 is 1.41 bits per heavy atom. The number of hydrogen-bond donors (Lipinski definition) is 2. The number of nitro benzene ring substituents is 1. The van der Waals surface area contributed by atoms with Gasteiger partial charge in [-0.25, -0.2) is 0 Å². The summed E-state index contributed by atoms with van der Waals surface area (Å²) in [5.41, 5.74) is 6.13. The van der Waals surface area contributed by atoms with Crippen molar-refractivity contribution < 1.29 is 14.8 Å². The van der Waals surface area contributed by atoms with Gasteiger partial charge in [0.1, 0.15) is 11.5 Å². The Bertz CT molecular complexity index is 649. The fourth-order valence-corrected chi connectivity index (χ4v) is 2.72. The third kappa shape index (κ3) is 2.92. The second-order valence-electron chi connectivity index (χ2n) is 5.47. The van der Waals surface area contributed by atoms with Crippen molar-refractivity contribution in [3.63, 3.8) is 0 Å². The van der Waals surface area contributed by atoms with Crippen LogP contribution in [0.3, 0.4) is 0 Å². The van der Waals surface area contributed by atoms with Crippen LogP contribution < -0.4 is 5.73 Å². The molecule has 0 heterocycles. The number of aliphatic hydroxyl groups is 1. The lowest BCUT2D eigenvalue weighted by molar-refractivity contribution is -0.384. The van der Waals surface area contributed by atoms with Crippen molar-refractivity contribution in [3.05, 3.63) is 63.9 Å². The average Bonchev–Trinajstić information content (AvgIpc) is 2.49. The summed E-state index contributed by atoms with van der Waals surface area (Å²) in [6.45, 7) is 1.50. The summed E-state index contributed by atoms with van der Waals surface area (Å²) in [4.78, 5) is 21.7. The zero-order chi connectivity index (χ0) is 16.3. The Kier molecular flexibility index (Phi) is 4.42. The summed E-state index contributed by atoms with van der Waals surface area (Å²) < 4.78 is 0. The molecule has 0 amide bonds. The van der Waals surface area contributed by atoms with Gasteiger partial charge in [0.15, 0.2) is 0 Å². The van der Waals surface area contributed by atoms with Crippen LogP contribution in [0.25, 0.3) is 0 Å². The minimum absolute atomic E-state index is 0.0152. The number of carbonyl (C=O) groups is 1. The van der Waals surface area contributed by atoms with Gasteiger partial charge in [-0.3, -0.25) is 10.1 Å². The van der Waals surface area contributed by atoms with Crippen LogP contribution in [0.2, 0.25) is 0 Å². The number of aliphatic hydroxyl groups excluding tert-OH is 1. The third-order valence-corrected chi connectivity index (χ3v) is 4.04. The van der Waals surface area contributed by atoms with E-state index in [0.717, 1.165) is 5.56 Å². The number of carbonyl (C=O) groups excluding carboxylic acids is 1. The Hall–Kier alpha value is -2.47. The van der Waals surface area contributed by atoms with Crippen LogP contribution >= 0.6 is 0 Å². The lowest BCUT2D eigenvalue weighted by Crippen LogP contribution is -2.47. The summed E-state index contributed by atoms with van der Waals surface area (Å²) in [5.74, 6) is 0.0559. The van der Waals surface area contributed by atoms with Gasteiger partial charge < -0.3 is 15.6 Å². The first kappa shape index (κ1) is 15.9. The predicted octanol–water partition coefficient (Wildman–Crippen LogP) is 2.54. The molecule has 2 atom stereocenters. The highest BCUT2D eigenvalue weighted by molar-refractivity contribution is 5.75. The van der Waals surface area contributed by atoms with E-state index < -0.39 is 16.4 Å². The number of non-ortho nitro benzene ring substituents is 1. The topological polar surface area (TPSA) is 106 Å². The molecule has 0 aliphatic heterocycles. The normalized spacial score (nSPS) is 23.9. The number of nitrogens with two attached hydrogens (primary N) is 1. The van der Waals surface area contributed by atoms with E-state index in [1.165, 1.54) is 25.1 Å². The minimum Gasteiger partial charge on any atom is -0.511 e. The molecule has 0 radical (unpaired) electrons. The molecule has 6 nitrogen and oxygen atoms in total. The van der Waals surface area contributed by atoms with Crippen molar-refractivity contribution in [1.29, 1.82) is 0 Å². The number of nitrogens with zero attached hydrogens (tertiary/aromatic N) is 1. The van der Waals surface area contributed by atoms with Crippen LogP contribution in [0.15, 0.2) is 48.3 Å². The zero-order valence-electron chi connectivity index (χ0n) is 12.2. The van der Waals surface area contributed by atoms with Gasteiger partial charge in [-0.05, 0) is 25.0 Å². The average molecular weight is 302 g/mol. The fourth-order valence-electron chi connectivity index (χ4n) is 2.72. The molecule has 0 spiro atoms. The lowest BCUT2D eigenvalue weighted by Gasteiger charge is -2.38. The van der Waals surface area contributed by atoms with Crippen molar-refractivity contribution in [1.82, 2.24) is 0 Å². The summed E-state index contributed by atoms with van der Waals surface area (Å²) in [6, 6.07) is 5.36. The van der Waals surface area contributed by atoms with Crippen LogP contribution in [0, 0.1) is 10.1 Å². The number of allylic oxidation sites excluding steroid dienone is 2. The summed E-state index contributed by atoms with van der Waals surface area (Å²) in [7, 11) is 0. The van der Waals surface area contributed by atoms with E-state index in [0.29, 0.717) is 12.8 Å². The first-order valence-electron chi connectivity index (χ1n) is 6.95. The van der Waals surface area contributed by atoms with Gasteiger partial charge in [-0.15, -0.1) is 0 Å². The largest absolute Gasteiger partial charge is 0.511 e. The highest BCUT2D eigenvalue weighted by atomic mass is 16.6. The van der Waals surface area contributed by atoms with Gasteiger partial charge in [0.05, 0.1) is 11.0 Å². The molecular weight excluding hydrogens is 284 g/mol. The van der Waals surface area contributed by atoms with E-state index in [4.69, 9.17) is 5.73 Å². The highest BCUT2D eigenvalue weighted by Crippen LogP contribution is 2.39. The van der Waals surface area contributed by atoms with Crippen LogP contribution in [0.4, 0.5) is 5.69 Å². The third-order valence-electron chi connectivity index (χ3n) is 4.04. The first-order chi connectivity index (χ1) is 10.4. The quantitative estimate of drug-likeness (QED) is 0.642. The van der Waals surface area contributed by atoms with Crippen molar-refractivity contribution >= 4 is 11.5 Å². The molecule has 1 aliphatic rings. The van der Waals surface area contributed by atoms with E-state index >= 15 is 0 Å². The predicted molar refractivity (Wildman–Crippen MR) is 82.5 cm³/mol. The number of ketones is 1. The summed E-state index contributed by atoms with van der Waals surface area (Å²) >= 11 is 0. The first-order valence-corrected chi connectivity index (χ1v) is 6.95. The number of hydrogen-bond acceptors (Lipinski definition) is 5. The molecule has 22 heavy (non-hydrogen) atoms. The molecule has 1 aromatic carbocycles. The molecule has 1 aromatic rings. The maximum absolute atomic E-state index is 11.4. The Balaban J connectivity index is 2.44. The van der Waals surface area contributed by atoms with Crippen LogP contribution in [0.1, 0.15) is 25.3 Å². The van der Waals surface area contributed by atoms with E-state index in [-0.39, 0.29) is 17.2 Å². The highest BCUT2D eigenvalue weighted by Gasteiger charge is 2.40. The molecule has 3 N–H and O–H groups in total. The van der Waals surface area contributed by atoms with Gasteiger partial charge in [0, 0.05) is 24.0 Å². The second kappa shape index (κ2) is 6.11. The number of Topliss-reactive ketones (excluding diaryl/α,β-unsaturated/α-hetero) is 1.